The number of benzene rings is 1. The van der Waals surface area contributed by atoms with Gasteiger partial charge in [-0.3, -0.25) is 0 Å². The second-order valence-electron chi connectivity index (χ2n) is 4.28. The molecule has 1 aromatic carbocycles. The third-order valence-electron chi connectivity index (χ3n) is 2.32. The van der Waals surface area contributed by atoms with Gasteiger partial charge in [-0.2, -0.15) is 8.78 Å². The first-order valence-electron chi connectivity index (χ1n) is 5.51. The van der Waals surface area contributed by atoms with Crippen LogP contribution in [0.1, 0.15) is 12.5 Å². The highest BCUT2D eigenvalue weighted by atomic mass is 19.3. The van der Waals surface area contributed by atoms with Crippen LogP contribution in [0, 0.1) is 0 Å². The van der Waals surface area contributed by atoms with E-state index in [1.165, 1.54) is 19.1 Å². The van der Waals surface area contributed by atoms with Gasteiger partial charge in [0.25, 0.3) is 0 Å². The molecule has 0 spiro atoms. The number of rotatable bonds is 7. The van der Waals surface area contributed by atoms with E-state index in [2.05, 4.69) is 10.1 Å². The Bertz CT molecular complexity index is 355. The quantitative estimate of drug-likeness (QED) is 0.688. The van der Waals surface area contributed by atoms with E-state index in [0.717, 1.165) is 5.56 Å². The first-order valence-corrected chi connectivity index (χ1v) is 5.51. The van der Waals surface area contributed by atoms with Gasteiger partial charge in [0.2, 0.25) is 0 Å². The summed E-state index contributed by atoms with van der Waals surface area (Å²) in [5.41, 5.74) is -0.302. The maximum atomic E-state index is 11.9. The van der Waals surface area contributed by atoms with Crippen LogP contribution in [0.4, 0.5) is 8.78 Å². The number of alkyl halides is 2. The van der Waals surface area contributed by atoms with Gasteiger partial charge >= 0.3 is 6.61 Å². The molecule has 0 aliphatic heterocycles. The topological polar surface area (TPSA) is 61.7 Å². The van der Waals surface area contributed by atoms with Crippen LogP contribution in [-0.4, -0.2) is 35.6 Å². The zero-order valence-corrected chi connectivity index (χ0v) is 10.1. The predicted octanol–water partition coefficient (Wildman–Crippen LogP) is 1.12. The summed E-state index contributed by atoms with van der Waals surface area (Å²) in [5.74, 6) is 0.108. The molecule has 0 saturated heterocycles. The van der Waals surface area contributed by atoms with Gasteiger partial charge in [0, 0.05) is 13.1 Å². The molecule has 0 aliphatic rings. The predicted molar refractivity (Wildman–Crippen MR) is 62.5 cm³/mol. The number of nitrogens with one attached hydrogen (secondary N) is 1. The van der Waals surface area contributed by atoms with E-state index < -0.39 is 12.2 Å². The van der Waals surface area contributed by atoms with Gasteiger partial charge in [-0.25, -0.2) is 0 Å². The van der Waals surface area contributed by atoms with Gasteiger partial charge in [-0.15, -0.1) is 0 Å². The lowest BCUT2D eigenvalue weighted by Crippen LogP contribution is -2.40. The molecule has 102 valence electrons. The second-order valence-corrected chi connectivity index (χ2v) is 4.28. The molecule has 6 heteroatoms. The summed E-state index contributed by atoms with van der Waals surface area (Å²) in [4.78, 5) is 0. The van der Waals surface area contributed by atoms with Gasteiger partial charge in [-0.1, -0.05) is 12.1 Å². The van der Waals surface area contributed by atoms with Crippen LogP contribution >= 0.6 is 0 Å². The minimum absolute atomic E-state index is 0.108. The molecule has 1 atom stereocenters. The number of halogens is 2. The summed E-state index contributed by atoms with van der Waals surface area (Å²) in [5, 5.41) is 21.3. The Balaban J connectivity index is 2.40. The van der Waals surface area contributed by atoms with E-state index in [4.69, 9.17) is 5.11 Å². The lowest BCUT2D eigenvalue weighted by Gasteiger charge is -2.20. The first kappa shape index (κ1) is 14.8. The number of aliphatic hydroxyl groups excluding tert-OH is 1. The van der Waals surface area contributed by atoms with Gasteiger partial charge in [0.05, 0.1) is 12.2 Å². The molecular formula is C12H17F2NO3. The highest BCUT2D eigenvalue weighted by molar-refractivity contribution is 5.27. The van der Waals surface area contributed by atoms with E-state index in [9.17, 15) is 13.9 Å². The number of hydrogen-bond acceptors (Lipinski definition) is 4. The van der Waals surface area contributed by atoms with Crippen LogP contribution < -0.4 is 10.1 Å². The first-order chi connectivity index (χ1) is 8.43. The Morgan fingerprint density at radius 1 is 1.33 bits per heavy atom. The monoisotopic (exact) mass is 261 g/mol. The van der Waals surface area contributed by atoms with E-state index >= 15 is 0 Å². The average Bonchev–Trinajstić information content (AvgIpc) is 2.30. The van der Waals surface area contributed by atoms with E-state index in [0.29, 0.717) is 6.54 Å². The van der Waals surface area contributed by atoms with Gasteiger partial charge < -0.3 is 20.3 Å². The summed E-state index contributed by atoms with van der Waals surface area (Å²) in [7, 11) is 0. The SMILES string of the molecule is CC(O)(CO)CNCc1ccc(OC(F)F)cc1. The molecule has 0 aromatic heterocycles. The fourth-order valence-electron chi connectivity index (χ4n) is 1.32. The zero-order chi connectivity index (χ0) is 13.6. The molecule has 3 N–H and O–H groups in total. The van der Waals surface area contributed by atoms with E-state index in [-0.39, 0.29) is 18.9 Å². The molecular weight excluding hydrogens is 244 g/mol. The smallest absolute Gasteiger partial charge is 0.387 e. The van der Waals surface area contributed by atoms with Gasteiger partial charge in [0.15, 0.2) is 0 Å². The minimum atomic E-state index is -2.83. The minimum Gasteiger partial charge on any atom is -0.435 e. The molecule has 0 heterocycles. The van der Waals surface area contributed by atoms with Crippen molar-refractivity contribution >= 4 is 0 Å². The number of hydrogen-bond donors (Lipinski definition) is 3. The Kier molecular flexibility index (Phi) is 5.46. The Morgan fingerprint density at radius 2 is 1.94 bits per heavy atom. The fourth-order valence-corrected chi connectivity index (χ4v) is 1.32. The third-order valence-corrected chi connectivity index (χ3v) is 2.32. The Labute approximate surface area is 104 Å². The molecule has 4 nitrogen and oxygen atoms in total. The molecule has 0 saturated carbocycles. The van der Waals surface area contributed by atoms with Gasteiger partial charge in [0.1, 0.15) is 5.75 Å². The van der Waals surface area contributed by atoms with Crippen molar-refractivity contribution in [2.45, 2.75) is 25.7 Å². The van der Waals surface area contributed by atoms with E-state index in [1.807, 2.05) is 0 Å². The summed E-state index contributed by atoms with van der Waals surface area (Å²) >= 11 is 0. The van der Waals surface area contributed by atoms with Crippen LogP contribution in [-0.2, 0) is 6.54 Å². The molecule has 0 radical (unpaired) electrons. The second kappa shape index (κ2) is 6.63. The molecule has 0 bridgehead atoms. The highest BCUT2D eigenvalue weighted by Crippen LogP contribution is 2.14. The van der Waals surface area contributed by atoms with Crippen molar-refractivity contribution in [3.05, 3.63) is 29.8 Å². The molecule has 0 amide bonds. The Morgan fingerprint density at radius 3 is 2.44 bits per heavy atom. The van der Waals surface area contributed by atoms with E-state index in [1.54, 1.807) is 12.1 Å². The summed E-state index contributed by atoms with van der Waals surface area (Å²) in [6.07, 6.45) is 0. The van der Waals surface area contributed by atoms with Crippen LogP contribution in [0.15, 0.2) is 24.3 Å². The van der Waals surface area contributed by atoms with Crippen molar-refractivity contribution in [3.8, 4) is 5.75 Å². The largest absolute Gasteiger partial charge is 0.435 e. The van der Waals surface area contributed by atoms with Crippen molar-refractivity contribution in [2.75, 3.05) is 13.2 Å². The maximum absolute atomic E-state index is 11.9. The molecule has 18 heavy (non-hydrogen) atoms. The molecule has 1 aromatic rings. The molecule has 0 fully saturated rings. The lowest BCUT2D eigenvalue weighted by molar-refractivity contribution is -0.0498. The Hall–Kier alpha value is -1.24. The van der Waals surface area contributed by atoms with Crippen LogP contribution in [0.5, 0.6) is 5.75 Å². The maximum Gasteiger partial charge on any atom is 0.387 e. The standard InChI is InChI=1S/C12H17F2NO3/c1-12(17,8-16)7-15-6-9-2-4-10(5-3-9)18-11(13)14/h2-5,11,15-17H,6-8H2,1H3. The average molecular weight is 261 g/mol. The van der Waals surface area contributed by atoms with Crippen molar-refractivity contribution in [3.63, 3.8) is 0 Å². The van der Waals surface area contributed by atoms with Gasteiger partial charge in [-0.05, 0) is 24.6 Å². The normalized spacial score (nSPS) is 14.6. The van der Waals surface area contributed by atoms with Crippen LogP contribution in [0.3, 0.4) is 0 Å². The lowest BCUT2D eigenvalue weighted by atomic mass is 10.1. The zero-order valence-electron chi connectivity index (χ0n) is 10.1. The number of aliphatic hydroxyl groups is 2. The summed E-state index contributed by atoms with van der Waals surface area (Å²) < 4.78 is 28.0. The molecule has 0 aliphatic carbocycles. The van der Waals surface area contributed by atoms with Crippen LogP contribution in [0.25, 0.3) is 0 Å². The molecule has 1 unspecified atom stereocenters. The van der Waals surface area contributed by atoms with Crippen LogP contribution in [0.2, 0.25) is 0 Å². The summed E-state index contributed by atoms with van der Waals surface area (Å²) in [6.45, 7) is -0.946. The van der Waals surface area contributed by atoms with Crippen molar-refractivity contribution < 1.29 is 23.7 Å². The number of ether oxygens (including phenoxy) is 1. The molecule has 1 rings (SSSR count). The van der Waals surface area contributed by atoms with Crippen molar-refractivity contribution in [1.82, 2.24) is 5.32 Å². The van der Waals surface area contributed by atoms with Crippen molar-refractivity contribution in [1.29, 1.82) is 0 Å². The highest BCUT2D eigenvalue weighted by Gasteiger charge is 2.17. The third kappa shape index (κ3) is 5.39. The fraction of sp³-hybridized carbons (Fsp3) is 0.500. The summed E-state index contributed by atoms with van der Waals surface area (Å²) in [6, 6.07) is 6.21. The van der Waals surface area contributed by atoms with Crippen molar-refractivity contribution in [2.24, 2.45) is 0 Å².